The largest absolute Gasteiger partial charge is 0.322 e. The molecule has 0 saturated heterocycles. The van der Waals surface area contributed by atoms with Crippen molar-refractivity contribution in [3.63, 3.8) is 0 Å². The second-order valence-corrected chi connectivity index (χ2v) is 4.32. The first-order chi connectivity index (χ1) is 6.85. The van der Waals surface area contributed by atoms with Gasteiger partial charge in [0.25, 0.3) is 0 Å². The minimum absolute atomic E-state index is 0.0203. The number of carbonyl (C=O) groups excluding carboxylic acids is 1. The number of benzene rings is 1. The van der Waals surface area contributed by atoms with Crippen LogP contribution in [0.3, 0.4) is 0 Å². The Morgan fingerprint density at radius 3 is 2.53 bits per heavy atom. The van der Waals surface area contributed by atoms with E-state index in [2.05, 4.69) is 5.32 Å². The lowest BCUT2D eigenvalue weighted by atomic mass is 9.85. The average molecular weight is 211 g/mol. The van der Waals surface area contributed by atoms with E-state index in [4.69, 9.17) is 0 Å². The molecule has 0 aliphatic carbocycles. The summed E-state index contributed by atoms with van der Waals surface area (Å²) in [5.74, 6) is -1.46. The maximum Gasteiger partial charge on any atom is 0.234 e. The van der Waals surface area contributed by atoms with E-state index in [1.165, 1.54) is 6.92 Å². The number of fused-ring (bicyclic) bond motifs is 1. The van der Waals surface area contributed by atoms with Gasteiger partial charge in [-0.15, -0.1) is 0 Å². The molecule has 1 aromatic rings. The molecule has 1 amide bonds. The van der Waals surface area contributed by atoms with Crippen molar-refractivity contribution in [2.75, 3.05) is 5.32 Å². The predicted molar refractivity (Wildman–Crippen MR) is 52.8 cm³/mol. The SMILES string of the molecule is Cc1cc(F)c2c(c1F)C(C)(C)C(=O)N2. The second kappa shape index (κ2) is 2.78. The zero-order valence-electron chi connectivity index (χ0n) is 8.74. The summed E-state index contributed by atoms with van der Waals surface area (Å²) in [6.07, 6.45) is 0. The Morgan fingerprint density at radius 1 is 1.33 bits per heavy atom. The zero-order valence-corrected chi connectivity index (χ0v) is 8.74. The lowest BCUT2D eigenvalue weighted by Gasteiger charge is -2.16. The van der Waals surface area contributed by atoms with E-state index < -0.39 is 17.0 Å². The lowest BCUT2D eigenvalue weighted by molar-refractivity contribution is -0.119. The second-order valence-electron chi connectivity index (χ2n) is 4.32. The molecule has 2 nitrogen and oxygen atoms in total. The van der Waals surface area contributed by atoms with Crippen LogP contribution < -0.4 is 5.32 Å². The molecule has 0 radical (unpaired) electrons. The highest BCUT2D eigenvalue weighted by Gasteiger charge is 2.42. The smallest absolute Gasteiger partial charge is 0.234 e. The average Bonchev–Trinajstić information content (AvgIpc) is 2.36. The highest BCUT2D eigenvalue weighted by molar-refractivity contribution is 6.05. The van der Waals surface area contributed by atoms with Crippen LogP contribution in [0.25, 0.3) is 0 Å². The molecule has 1 aromatic carbocycles. The summed E-state index contributed by atoms with van der Waals surface area (Å²) in [7, 11) is 0. The number of aryl methyl sites for hydroxylation is 1. The highest BCUT2D eigenvalue weighted by Crippen LogP contribution is 2.41. The monoisotopic (exact) mass is 211 g/mol. The van der Waals surface area contributed by atoms with E-state index in [1.54, 1.807) is 13.8 Å². The Bertz CT molecular complexity index is 466. The van der Waals surface area contributed by atoms with Crippen molar-refractivity contribution in [2.45, 2.75) is 26.2 Å². The quantitative estimate of drug-likeness (QED) is 0.701. The van der Waals surface area contributed by atoms with Crippen molar-refractivity contribution in [1.29, 1.82) is 0 Å². The number of anilines is 1. The maximum atomic E-state index is 13.8. The highest BCUT2D eigenvalue weighted by atomic mass is 19.1. The van der Waals surface area contributed by atoms with Gasteiger partial charge in [0.05, 0.1) is 11.1 Å². The van der Waals surface area contributed by atoms with Crippen molar-refractivity contribution in [3.8, 4) is 0 Å². The summed E-state index contributed by atoms with van der Waals surface area (Å²) in [5, 5.41) is 2.37. The Labute approximate surface area is 86.3 Å². The number of nitrogens with one attached hydrogen (secondary N) is 1. The van der Waals surface area contributed by atoms with Crippen LogP contribution >= 0.6 is 0 Å². The van der Waals surface area contributed by atoms with Gasteiger partial charge in [0.15, 0.2) is 0 Å². The van der Waals surface area contributed by atoms with E-state index in [9.17, 15) is 13.6 Å². The molecule has 4 heteroatoms. The van der Waals surface area contributed by atoms with Crippen LogP contribution in [0.15, 0.2) is 6.07 Å². The first-order valence-corrected chi connectivity index (χ1v) is 4.66. The number of halogens is 2. The van der Waals surface area contributed by atoms with Crippen molar-refractivity contribution >= 4 is 11.6 Å². The standard InChI is InChI=1S/C11H11F2NO/c1-5-4-6(12)9-7(8(5)13)11(2,3)10(15)14-9/h4H,1-3H3,(H,14,15). The minimum atomic E-state index is -1.01. The number of hydrogen-bond donors (Lipinski definition) is 1. The third kappa shape index (κ3) is 1.17. The van der Waals surface area contributed by atoms with Crippen LogP contribution in [-0.2, 0) is 10.2 Å². The molecule has 2 rings (SSSR count). The first kappa shape index (κ1) is 10.1. The topological polar surface area (TPSA) is 29.1 Å². The molecule has 0 saturated carbocycles. The fraction of sp³-hybridized carbons (Fsp3) is 0.364. The molecule has 1 heterocycles. The summed E-state index contributed by atoms with van der Waals surface area (Å²) < 4.78 is 27.3. The van der Waals surface area contributed by atoms with E-state index in [0.717, 1.165) is 6.07 Å². The number of hydrogen-bond acceptors (Lipinski definition) is 1. The van der Waals surface area contributed by atoms with E-state index in [-0.39, 0.29) is 22.7 Å². The van der Waals surface area contributed by atoms with Crippen LogP contribution in [-0.4, -0.2) is 5.91 Å². The van der Waals surface area contributed by atoms with Gasteiger partial charge >= 0.3 is 0 Å². The van der Waals surface area contributed by atoms with Crippen molar-refractivity contribution in [1.82, 2.24) is 0 Å². The van der Waals surface area contributed by atoms with Crippen molar-refractivity contribution in [2.24, 2.45) is 0 Å². The molecule has 80 valence electrons. The Hall–Kier alpha value is -1.45. The van der Waals surface area contributed by atoms with Crippen LogP contribution in [0.5, 0.6) is 0 Å². The van der Waals surface area contributed by atoms with Crippen molar-refractivity contribution < 1.29 is 13.6 Å². The lowest BCUT2D eigenvalue weighted by Crippen LogP contribution is -2.27. The summed E-state index contributed by atoms with van der Waals surface area (Å²) in [6.45, 7) is 4.64. The molecule has 0 spiro atoms. The third-order valence-corrected chi connectivity index (χ3v) is 2.83. The fourth-order valence-corrected chi connectivity index (χ4v) is 1.84. The van der Waals surface area contributed by atoms with Gasteiger partial charge in [-0.1, -0.05) is 0 Å². The summed E-state index contributed by atoms with van der Waals surface area (Å²) in [6, 6.07) is 1.09. The molecule has 15 heavy (non-hydrogen) atoms. The Morgan fingerprint density at radius 2 is 1.93 bits per heavy atom. The van der Waals surface area contributed by atoms with Gasteiger partial charge in [0.1, 0.15) is 11.6 Å². The van der Waals surface area contributed by atoms with Crippen LogP contribution in [0.1, 0.15) is 25.0 Å². The fourth-order valence-electron chi connectivity index (χ4n) is 1.84. The van der Waals surface area contributed by atoms with E-state index in [0.29, 0.717) is 0 Å². The summed E-state index contributed by atoms with van der Waals surface area (Å²) >= 11 is 0. The molecule has 0 atom stereocenters. The summed E-state index contributed by atoms with van der Waals surface area (Å²) in [4.78, 5) is 11.5. The normalized spacial score (nSPS) is 17.5. The van der Waals surface area contributed by atoms with Crippen LogP contribution in [0.2, 0.25) is 0 Å². The predicted octanol–water partition coefficient (Wildman–Crippen LogP) is 2.50. The van der Waals surface area contributed by atoms with Gasteiger partial charge in [-0.05, 0) is 32.4 Å². The molecule has 0 fully saturated rings. The molecule has 1 aliphatic heterocycles. The number of rotatable bonds is 0. The van der Waals surface area contributed by atoms with Gasteiger partial charge in [-0.3, -0.25) is 4.79 Å². The van der Waals surface area contributed by atoms with Gasteiger partial charge in [-0.25, -0.2) is 8.78 Å². The molecule has 0 bridgehead atoms. The van der Waals surface area contributed by atoms with Crippen LogP contribution in [0, 0.1) is 18.6 Å². The third-order valence-electron chi connectivity index (χ3n) is 2.83. The molecule has 0 aromatic heterocycles. The number of amides is 1. The van der Waals surface area contributed by atoms with Crippen LogP contribution in [0.4, 0.5) is 14.5 Å². The minimum Gasteiger partial charge on any atom is -0.322 e. The molecule has 1 N–H and O–H groups in total. The van der Waals surface area contributed by atoms with Gasteiger partial charge in [0.2, 0.25) is 5.91 Å². The summed E-state index contributed by atoms with van der Waals surface area (Å²) in [5.41, 5.74) is -0.680. The van der Waals surface area contributed by atoms with Gasteiger partial charge < -0.3 is 5.32 Å². The maximum absolute atomic E-state index is 13.8. The molecule has 1 aliphatic rings. The number of carbonyl (C=O) groups is 1. The Balaban J connectivity index is 2.81. The zero-order chi connectivity index (χ0) is 11.4. The van der Waals surface area contributed by atoms with E-state index >= 15 is 0 Å². The molecular formula is C11H11F2NO. The molecule has 0 unspecified atom stereocenters. The molecular weight excluding hydrogens is 200 g/mol. The van der Waals surface area contributed by atoms with Gasteiger partial charge in [0, 0.05) is 5.56 Å². The van der Waals surface area contributed by atoms with Gasteiger partial charge in [-0.2, -0.15) is 0 Å². The van der Waals surface area contributed by atoms with Crippen molar-refractivity contribution in [3.05, 3.63) is 28.8 Å². The Kier molecular flexibility index (Phi) is 1.87. The first-order valence-electron chi connectivity index (χ1n) is 4.66. The van der Waals surface area contributed by atoms with E-state index in [1.807, 2.05) is 0 Å².